The topological polar surface area (TPSA) is 136 Å². The molecule has 3 heterocycles. The largest absolute Gasteiger partial charge is 0.394 e. The number of aliphatic hydroxyl groups is 1. The molecule has 4 N–H and O–H groups in total. The van der Waals surface area contributed by atoms with Crippen LogP contribution in [-0.4, -0.2) is 42.9 Å². The number of carbonyl (C=O) groups is 2. The lowest BCUT2D eigenvalue weighted by atomic mass is 10.1. The minimum Gasteiger partial charge on any atom is -0.394 e. The smallest absolute Gasteiger partial charge is 0.228 e. The second-order valence-corrected chi connectivity index (χ2v) is 8.93. The number of hydrogen-bond donors (Lipinski definition) is 3. The number of rotatable bonds is 7. The van der Waals surface area contributed by atoms with Crippen LogP contribution in [0.3, 0.4) is 0 Å². The van der Waals surface area contributed by atoms with Crippen LogP contribution in [0.2, 0.25) is 5.02 Å². The zero-order valence-corrected chi connectivity index (χ0v) is 19.4. The van der Waals surface area contributed by atoms with E-state index in [0.717, 1.165) is 5.56 Å². The average molecular weight is 479 g/mol. The molecular formula is C24H23ClN6O3. The van der Waals surface area contributed by atoms with Crippen molar-refractivity contribution in [1.29, 1.82) is 0 Å². The highest BCUT2D eigenvalue weighted by molar-refractivity contribution is 6.30. The van der Waals surface area contributed by atoms with Crippen LogP contribution in [0, 0.1) is 0 Å². The zero-order valence-electron chi connectivity index (χ0n) is 18.6. The molecule has 0 radical (unpaired) electrons. The number of halogens is 1. The number of hydrogen-bond acceptors (Lipinski definition) is 7. The standard InChI is InChI=1S/C24H23ClN6O3/c1-24(2,13-32)31-12-19(18-11-28-23(26)30-22(18)31)21(34)15-8-17(10-27-9-15)29-20(33)7-14-3-5-16(25)6-4-14/h3-6,8-12,32H,7,13H2,1-2H3,(H,29,33)(H2,26,28,30). The molecule has 1 amide bonds. The Kier molecular flexibility index (Phi) is 6.32. The van der Waals surface area contributed by atoms with E-state index in [4.69, 9.17) is 17.3 Å². The van der Waals surface area contributed by atoms with Gasteiger partial charge in [0.05, 0.1) is 36.0 Å². The Balaban J connectivity index is 1.62. The van der Waals surface area contributed by atoms with Crippen LogP contribution in [0.4, 0.5) is 11.6 Å². The molecule has 34 heavy (non-hydrogen) atoms. The van der Waals surface area contributed by atoms with Crippen LogP contribution < -0.4 is 11.1 Å². The van der Waals surface area contributed by atoms with E-state index in [-0.39, 0.29) is 36.2 Å². The summed E-state index contributed by atoms with van der Waals surface area (Å²) >= 11 is 5.89. The number of amides is 1. The van der Waals surface area contributed by atoms with Crippen molar-refractivity contribution < 1.29 is 14.7 Å². The van der Waals surface area contributed by atoms with Crippen LogP contribution in [-0.2, 0) is 16.8 Å². The van der Waals surface area contributed by atoms with Crippen LogP contribution in [0.25, 0.3) is 11.0 Å². The van der Waals surface area contributed by atoms with Crippen LogP contribution in [0.1, 0.15) is 35.3 Å². The van der Waals surface area contributed by atoms with Crippen molar-refractivity contribution in [2.45, 2.75) is 25.8 Å². The van der Waals surface area contributed by atoms with E-state index in [0.29, 0.717) is 27.3 Å². The fourth-order valence-electron chi connectivity index (χ4n) is 3.52. The van der Waals surface area contributed by atoms with Crippen molar-refractivity contribution in [3.05, 3.63) is 76.8 Å². The summed E-state index contributed by atoms with van der Waals surface area (Å²) in [5.74, 6) is -0.516. The summed E-state index contributed by atoms with van der Waals surface area (Å²) in [6, 6.07) is 8.55. The van der Waals surface area contributed by atoms with Crippen molar-refractivity contribution in [2.24, 2.45) is 0 Å². The minimum atomic E-state index is -0.729. The van der Waals surface area contributed by atoms with Crippen LogP contribution in [0.5, 0.6) is 0 Å². The lowest BCUT2D eigenvalue weighted by molar-refractivity contribution is -0.115. The fraction of sp³-hybridized carbons (Fsp3) is 0.208. The third kappa shape index (κ3) is 4.75. The number of benzene rings is 1. The lowest BCUT2D eigenvalue weighted by Gasteiger charge is -2.24. The van der Waals surface area contributed by atoms with E-state index < -0.39 is 5.54 Å². The summed E-state index contributed by atoms with van der Waals surface area (Å²) in [6.07, 6.45) is 6.16. The molecule has 0 spiro atoms. The molecule has 0 fully saturated rings. The molecular weight excluding hydrogens is 456 g/mol. The summed E-state index contributed by atoms with van der Waals surface area (Å²) in [4.78, 5) is 38.3. The first-order chi connectivity index (χ1) is 16.2. The Bertz CT molecular complexity index is 1380. The lowest BCUT2D eigenvalue weighted by Crippen LogP contribution is -2.30. The molecule has 0 saturated carbocycles. The third-order valence-corrected chi connectivity index (χ3v) is 5.66. The van der Waals surface area contributed by atoms with Gasteiger partial charge in [0.25, 0.3) is 0 Å². The summed E-state index contributed by atoms with van der Waals surface area (Å²) in [6.45, 7) is 3.46. The number of nitrogen functional groups attached to an aromatic ring is 1. The van der Waals surface area contributed by atoms with E-state index in [9.17, 15) is 14.7 Å². The molecule has 0 aliphatic rings. The molecule has 10 heteroatoms. The highest BCUT2D eigenvalue weighted by Crippen LogP contribution is 2.28. The van der Waals surface area contributed by atoms with Gasteiger partial charge in [0.1, 0.15) is 5.65 Å². The number of fused-ring (bicyclic) bond motifs is 1. The first kappa shape index (κ1) is 23.3. The predicted molar refractivity (Wildman–Crippen MR) is 130 cm³/mol. The fourth-order valence-corrected chi connectivity index (χ4v) is 3.64. The van der Waals surface area contributed by atoms with E-state index in [1.807, 2.05) is 13.8 Å². The van der Waals surface area contributed by atoms with Gasteiger partial charge in [0, 0.05) is 34.6 Å². The van der Waals surface area contributed by atoms with E-state index >= 15 is 0 Å². The molecule has 0 unspecified atom stereocenters. The SMILES string of the molecule is CC(C)(CO)n1cc(C(=O)c2cncc(NC(=O)Cc3ccc(Cl)cc3)c2)c2cnc(N)nc21. The number of aliphatic hydroxyl groups excluding tert-OH is 1. The van der Waals surface area contributed by atoms with Crippen LogP contribution in [0.15, 0.2) is 55.1 Å². The molecule has 1 aromatic carbocycles. The first-order valence-electron chi connectivity index (χ1n) is 10.5. The van der Waals surface area contributed by atoms with Crippen LogP contribution >= 0.6 is 11.6 Å². The van der Waals surface area contributed by atoms with Crippen molar-refractivity contribution in [3.63, 3.8) is 0 Å². The van der Waals surface area contributed by atoms with Gasteiger partial charge in [-0.15, -0.1) is 0 Å². The quantitative estimate of drug-likeness (QED) is 0.347. The van der Waals surface area contributed by atoms with Gasteiger partial charge in [-0.3, -0.25) is 14.6 Å². The summed E-state index contributed by atoms with van der Waals surface area (Å²) in [5, 5.41) is 13.7. The number of ketones is 1. The maximum atomic E-state index is 13.4. The van der Waals surface area contributed by atoms with Gasteiger partial charge < -0.3 is 20.7 Å². The number of nitrogens with one attached hydrogen (secondary N) is 1. The third-order valence-electron chi connectivity index (χ3n) is 5.41. The highest BCUT2D eigenvalue weighted by atomic mass is 35.5. The highest BCUT2D eigenvalue weighted by Gasteiger charge is 2.26. The van der Waals surface area contributed by atoms with Gasteiger partial charge in [0.2, 0.25) is 11.9 Å². The average Bonchev–Trinajstić information content (AvgIpc) is 3.19. The van der Waals surface area contributed by atoms with E-state index in [1.165, 1.54) is 18.6 Å². The van der Waals surface area contributed by atoms with Gasteiger partial charge in [-0.2, -0.15) is 4.98 Å². The Morgan fingerprint density at radius 2 is 1.91 bits per heavy atom. The Labute approximate surface area is 200 Å². The molecule has 9 nitrogen and oxygen atoms in total. The van der Waals surface area contributed by atoms with E-state index in [1.54, 1.807) is 41.1 Å². The van der Waals surface area contributed by atoms with Crippen molar-refractivity contribution in [2.75, 3.05) is 17.7 Å². The van der Waals surface area contributed by atoms with Gasteiger partial charge in [0.15, 0.2) is 5.78 Å². The summed E-state index contributed by atoms with van der Waals surface area (Å²) < 4.78 is 1.71. The summed E-state index contributed by atoms with van der Waals surface area (Å²) in [5.41, 5.74) is 7.29. The number of nitrogens with zero attached hydrogens (tertiary/aromatic N) is 4. The molecule has 3 aromatic heterocycles. The Morgan fingerprint density at radius 1 is 1.18 bits per heavy atom. The molecule has 0 saturated heterocycles. The van der Waals surface area contributed by atoms with Crippen molar-refractivity contribution in [3.8, 4) is 0 Å². The van der Waals surface area contributed by atoms with Crippen molar-refractivity contribution in [1.82, 2.24) is 19.5 Å². The Morgan fingerprint density at radius 3 is 2.62 bits per heavy atom. The van der Waals surface area contributed by atoms with Gasteiger partial charge >= 0.3 is 0 Å². The van der Waals surface area contributed by atoms with Gasteiger partial charge in [-0.05, 0) is 37.6 Å². The molecule has 4 aromatic rings. The second-order valence-electron chi connectivity index (χ2n) is 8.49. The Hall–Kier alpha value is -3.82. The number of pyridine rings is 1. The molecule has 4 rings (SSSR count). The zero-order chi connectivity index (χ0) is 24.5. The van der Waals surface area contributed by atoms with E-state index in [2.05, 4.69) is 20.3 Å². The van der Waals surface area contributed by atoms with Crippen molar-refractivity contribution >= 4 is 46.0 Å². The monoisotopic (exact) mass is 478 g/mol. The maximum absolute atomic E-state index is 13.4. The normalized spacial score (nSPS) is 11.5. The number of anilines is 2. The maximum Gasteiger partial charge on any atom is 0.228 e. The van der Waals surface area contributed by atoms with Gasteiger partial charge in [-0.25, -0.2) is 4.98 Å². The number of nitrogens with two attached hydrogens (primary N) is 1. The molecule has 0 aliphatic heterocycles. The molecule has 0 bridgehead atoms. The first-order valence-corrected chi connectivity index (χ1v) is 10.8. The second kappa shape index (κ2) is 9.20. The predicted octanol–water partition coefficient (Wildman–Crippen LogP) is 3.20. The minimum absolute atomic E-state index is 0.0617. The molecule has 0 aliphatic carbocycles. The van der Waals surface area contributed by atoms with Gasteiger partial charge in [-0.1, -0.05) is 23.7 Å². The molecule has 0 atom stereocenters. The molecule has 174 valence electrons. The summed E-state index contributed by atoms with van der Waals surface area (Å²) in [7, 11) is 0. The number of aromatic nitrogens is 4. The number of carbonyl (C=O) groups excluding carboxylic acids is 2.